The van der Waals surface area contributed by atoms with Gasteiger partial charge in [-0.25, -0.2) is 13.1 Å². The van der Waals surface area contributed by atoms with Gasteiger partial charge in [0.2, 0.25) is 10.0 Å². The topological polar surface area (TPSA) is 85.1 Å². The van der Waals surface area contributed by atoms with Crippen molar-refractivity contribution >= 4 is 21.4 Å². The van der Waals surface area contributed by atoms with E-state index in [0.29, 0.717) is 11.4 Å². The van der Waals surface area contributed by atoms with Crippen LogP contribution in [0.4, 0.5) is 0 Å². The minimum atomic E-state index is -3.52. The monoisotopic (exact) mass is 321 g/mol. The van der Waals surface area contributed by atoms with E-state index in [1.54, 1.807) is 36.0 Å². The number of hydrogen-bond donors (Lipinski definition) is 1. The molecule has 1 N–H and O–H groups in total. The summed E-state index contributed by atoms with van der Waals surface area (Å²) in [4.78, 5) is 8.42. The summed E-state index contributed by atoms with van der Waals surface area (Å²) < 4.78 is 32.0. The average Bonchev–Trinajstić information content (AvgIpc) is 3.18. The van der Waals surface area contributed by atoms with Crippen LogP contribution in [0.15, 0.2) is 57.1 Å². The lowest BCUT2D eigenvalue weighted by Gasteiger charge is -2.07. The normalized spacial score (nSPS) is 11.6. The molecule has 3 heterocycles. The zero-order chi connectivity index (χ0) is 14.7. The molecule has 0 spiro atoms. The highest BCUT2D eigenvalue weighted by atomic mass is 32.2. The third kappa shape index (κ3) is 3.02. The smallest absolute Gasteiger partial charge is 0.250 e. The molecule has 0 aliphatic carbocycles. The van der Waals surface area contributed by atoms with Gasteiger partial charge >= 0.3 is 0 Å². The molecule has 0 fully saturated rings. The molecule has 0 saturated carbocycles. The highest BCUT2D eigenvalue weighted by Crippen LogP contribution is 2.21. The van der Waals surface area contributed by atoms with Crippen LogP contribution in [0, 0.1) is 0 Å². The molecule has 0 aromatic carbocycles. The Kier molecular flexibility index (Phi) is 3.82. The van der Waals surface area contributed by atoms with Gasteiger partial charge in [0.1, 0.15) is 4.21 Å². The quantitative estimate of drug-likeness (QED) is 0.779. The number of thiophene rings is 1. The van der Waals surface area contributed by atoms with E-state index in [-0.39, 0.29) is 10.8 Å². The van der Waals surface area contributed by atoms with E-state index in [0.717, 1.165) is 5.56 Å². The summed E-state index contributed by atoms with van der Waals surface area (Å²) in [7, 11) is -3.52. The van der Waals surface area contributed by atoms with E-state index in [1.165, 1.54) is 23.8 Å². The molecule has 0 atom stereocenters. The lowest BCUT2D eigenvalue weighted by Crippen LogP contribution is -2.23. The number of hydrogen-bond acceptors (Lipinski definition) is 6. The number of aromatic nitrogens is 2. The Bertz CT molecular complexity index is 812. The van der Waals surface area contributed by atoms with Gasteiger partial charge in [0, 0.05) is 18.0 Å². The molecule has 3 aromatic heterocycles. The Balaban J connectivity index is 1.84. The Hall–Kier alpha value is -2.03. The number of nitrogens with one attached hydrogen (secondary N) is 1. The number of furan rings is 1. The molecule has 0 aliphatic rings. The summed E-state index contributed by atoms with van der Waals surface area (Å²) in [5.41, 5.74) is 1.90. The summed E-state index contributed by atoms with van der Waals surface area (Å²) in [6.45, 7) is 0.0641. The van der Waals surface area contributed by atoms with Crippen molar-refractivity contribution in [3.8, 4) is 11.3 Å². The van der Waals surface area contributed by atoms with E-state index < -0.39 is 10.0 Å². The second kappa shape index (κ2) is 5.76. The molecule has 3 aromatic rings. The van der Waals surface area contributed by atoms with Gasteiger partial charge in [-0.1, -0.05) is 6.07 Å². The van der Waals surface area contributed by atoms with E-state index >= 15 is 0 Å². The van der Waals surface area contributed by atoms with Crippen LogP contribution in [0.5, 0.6) is 0 Å². The number of rotatable bonds is 5. The van der Waals surface area contributed by atoms with Crippen molar-refractivity contribution in [1.82, 2.24) is 14.7 Å². The molecule has 21 heavy (non-hydrogen) atoms. The Labute approximate surface area is 125 Å². The van der Waals surface area contributed by atoms with Crippen LogP contribution in [0.2, 0.25) is 0 Å². The predicted molar refractivity (Wildman–Crippen MR) is 78.1 cm³/mol. The van der Waals surface area contributed by atoms with Crippen LogP contribution in [0.25, 0.3) is 11.3 Å². The van der Waals surface area contributed by atoms with E-state index in [2.05, 4.69) is 14.7 Å². The summed E-state index contributed by atoms with van der Waals surface area (Å²) in [5, 5.41) is 1.72. The van der Waals surface area contributed by atoms with E-state index in [4.69, 9.17) is 4.42 Å². The molecule has 3 rings (SSSR count). The molecule has 108 valence electrons. The first-order valence-corrected chi connectivity index (χ1v) is 8.39. The fourth-order valence-electron chi connectivity index (χ4n) is 1.79. The van der Waals surface area contributed by atoms with Gasteiger partial charge in [0.05, 0.1) is 30.5 Å². The summed E-state index contributed by atoms with van der Waals surface area (Å²) in [6, 6.07) is 5.00. The van der Waals surface area contributed by atoms with Crippen molar-refractivity contribution in [3.05, 3.63) is 54.2 Å². The molecule has 0 radical (unpaired) electrons. The van der Waals surface area contributed by atoms with Gasteiger partial charge in [-0.2, -0.15) is 0 Å². The first-order chi connectivity index (χ1) is 10.2. The molecule has 0 bridgehead atoms. The summed E-state index contributed by atoms with van der Waals surface area (Å²) in [5.74, 6) is 0. The molecule has 0 unspecified atom stereocenters. The molecule has 0 saturated heterocycles. The Morgan fingerprint density at radius 1 is 1.24 bits per heavy atom. The van der Waals surface area contributed by atoms with Crippen LogP contribution < -0.4 is 4.72 Å². The van der Waals surface area contributed by atoms with Crippen LogP contribution >= 0.6 is 11.3 Å². The molecule has 8 heteroatoms. The zero-order valence-corrected chi connectivity index (χ0v) is 12.4. The van der Waals surface area contributed by atoms with Crippen LogP contribution in [0.1, 0.15) is 5.69 Å². The fourth-order valence-corrected chi connectivity index (χ4v) is 3.81. The highest BCUT2D eigenvalue weighted by Gasteiger charge is 2.17. The Morgan fingerprint density at radius 2 is 2.10 bits per heavy atom. The third-order valence-electron chi connectivity index (χ3n) is 2.76. The van der Waals surface area contributed by atoms with Gasteiger partial charge in [-0.15, -0.1) is 11.3 Å². The average molecular weight is 321 g/mol. The van der Waals surface area contributed by atoms with Gasteiger partial charge in [-0.05, 0) is 17.5 Å². The molecule has 6 nitrogen and oxygen atoms in total. The van der Waals surface area contributed by atoms with Gasteiger partial charge in [0.25, 0.3) is 0 Å². The number of sulfonamides is 1. The third-order valence-corrected chi connectivity index (χ3v) is 5.56. The second-order valence-corrected chi connectivity index (χ2v) is 7.06. The zero-order valence-electron chi connectivity index (χ0n) is 10.8. The van der Waals surface area contributed by atoms with Crippen molar-refractivity contribution in [2.24, 2.45) is 0 Å². The van der Waals surface area contributed by atoms with E-state index in [9.17, 15) is 8.42 Å². The minimum Gasteiger partial charge on any atom is -0.472 e. The highest BCUT2D eigenvalue weighted by molar-refractivity contribution is 7.91. The van der Waals surface area contributed by atoms with Crippen molar-refractivity contribution in [1.29, 1.82) is 0 Å². The lowest BCUT2D eigenvalue weighted by atomic mass is 10.2. The van der Waals surface area contributed by atoms with Crippen molar-refractivity contribution < 1.29 is 12.8 Å². The summed E-state index contributed by atoms with van der Waals surface area (Å²) in [6.07, 6.45) is 6.16. The van der Waals surface area contributed by atoms with Crippen molar-refractivity contribution in [3.63, 3.8) is 0 Å². The molecule has 0 amide bonds. The predicted octanol–water partition coefficient (Wildman–Crippen LogP) is 2.28. The fraction of sp³-hybridized carbons (Fsp3) is 0.0769. The SMILES string of the molecule is O=S(=O)(NCc1nccnc1-c1ccoc1)c1cccs1. The van der Waals surface area contributed by atoms with Crippen LogP contribution in [-0.2, 0) is 16.6 Å². The largest absolute Gasteiger partial charge is 0.472 e. The van der Waals surface area contributed by atoms with Crippen LogP contribution in [-0.4, -0.2) is 18.4 Å². The maximum absolute atomic E-state index is 12.1. The van der Waals surface area contributed by atoms with E-state index in [1.807, 2.05) is 0 Å². The van der Waals surface area contributed by atoms with Crippen molar-refractivity contribution in [2.45, 2.75) is 10.8 Å². The first kappa shape index (κ1) is 13.9. The van der Waals surface area contributed by atoms with Gasteiger partial charge in [0.15, 0.2) is 0 Å². The number of nitrogens with zero attached hydrogens (tertiary/aromatic N) is 2. The Morgan fingerprint density at radius 3 is 2.81 bits per heavy atom. The maximum atomic E-state index is 12.1. The lowest BCUT2D eigenvalue weighted by molar-refractivity contribution is 0.568. The minimum absolute atomic E-state index is 0.0641. The second-order valence-electron chi connectivity index (χ2n) is 4.12. The first-order valence-electron chi connectivity index (χ1n) is 6.02. The van der Waals surface area contributed by atoms with Crippen LogP contribution in [0.3, 0.4) is 0 Å². The molecular weight excluding hydrogens is 310 g/mol. The maximum Gasteiger partial charge on any atom is 0.250 e. The standard InChI is InChI=1S/C13H11N3O3S2/c17-21(18,12-2-1-7-20-12)16-8-11-13(15-5-4-14-11)10-3-6-19-9-10/h1-7,9,16H,8H2. The van der Waals surface area contributed by atoms with Gasteiger partial charge in [-0.3, -0.25) is 9.97 Å². The van der Waals surface area contributed by atoms with Gasteiger partial charge < -0.3 is 4.42 Å². The van der Waals surface area contributed by atoms with Crippen molar-refractivity contribution in [2.75, 3.05) is 0 Å². The summed E-state index contributed by atoms with van der Waals surface area (Å²) >= 11 is 1.17. The molecule has 0 aliphatic heterocycles. The molecular formula is C13H11N3O3S2.